The molecule has 0 aliphatic rings. The third-order valence-corrected chi connectivity index (χ3v) is 2.92. The van der Waals surface area contributed by atoms with Crippen LogP contribution in [0, 0.1) is 0 Å². The zero-order valence-corrected chi connectivity index (χ0v) is 10.9. The highest BCUT2D eigenvalue weighted by atomic mass is 16.5. The lowest BCUT2D eigenvalue weighted by Gasteiger charge is -2.02. The highest BCUT2D eigenvalue weighted by molar-refractivity contribution is 5.88. The Bertz CT molecular complexity index is 678. The van der Waals surface area contributed by atoms with Gasteiger partial charge in [0.25, 0.3) is 0 Å². The average Bonchev–Trinajstić information content (AvgIpc) is 2.75. The van der Waals surface area contributed by atoms with Gasteiger partial charge in [-0.3, -0.25) is 4.57 Å². The number of fused-ring (bicyclic) bond motifs is 1. The lowest BCUT2D eigenvalue weighted by Crippen LogP contribution is -2.14. The van der Waals surface area contributed by atoms with Crippen molar-refractivity contribution in [3.8, 4) is 0 Å². The first-order valence-electron chi connectivity index (χ1n) is 6.03. The zero-order valence-electron chi connectivity index (χ0n) is 10.9. The van der Waals surface area contributed by atoms with Gasteiger partial charge in [-0.05, 0) is 18.6 Å². The van der Waals surface area contributed by atoms with Crippen LogP contribution in [-0.2, 0) is 16.1 Å². The van der Waals surface area contributed by atoms with Gasteiger partial charge in [-0.1, -0.05) is 25.1 Å². The van der Waals surface area contributed by atoms with Crippen LogP contribution in [0.15, 0.2) is 45.1 Å². The highest BCUT2D eigenvalue weighted by Gasteiger charge is 2.10. The van der Waals surface area contributed by atoms with Crippen LogP contribution in [0.2, 0.25) is 0 Å². The fourth-order valence-electron chi connectivity index (χ4n) is 1.89. The molecule has 2 aromatic rings. The maximum atomic E-state index is 11.7. The largest absolute Gasteiger partial charge is 0.466 e. The van der Waals surface area contributed by atoms with Crippen LogP contribution >= 0.6 is 0 Å². The Morgan fingerprint density at radius 2 is 2.16 bits per heavy atom. The molecule has 0 aliphatic heterocycles. The topological polar surface area (TPSA) is 61.4 Å². The van der Waals surface area contributed by atoms with Crippen molar-refractivity contribution in [2.75, 3.05) is 7.11 Å². The molecule has 1 aromatic heterocycles. The molecule has 0 atom stereocenters. The Morgan fingerprint density at radius 1 is 1.42 bits per heavy atom. The third-order valence-electron chi connectivity index (χ3n) is 2.92. The van der Waals surface area contributed by atoms with Gasteiger partial charge >= 0.3 is 11.7 Å². The lowest BCUT2D eigenvalue weighted by molar-refractivity contribution is -0.136. The minimum Gasteiger partial charge on any atom is -0.466 e. The number of carbonyl (C=O) groups excluding carboxylic acids is 1. The van der Waals surface area contributed by atoms with Crippen molar-refractivity contribution in [2.45, 2.75) is 19.9 Å². The van der Waals surface area contributed by atoms with Crippen LogP contribution in [0.1, 0.15) is 13.3 Å². The van der Waals surface area contributed by atoms with Crippen molar-refractivity contribution < 1.29 is 13.9 Å². The second-order valence-corrected chi connectivity index (χ2v) is 4.02. The predicted octanol–water partition coefficient (Wildman–Crippen LogP) is 2.10. The summed E-state index contributed by atoms with van der Waals surface area (Å²) in [6.45, 7) is 2.15. The standard InChI is InChI=1S/C14H15NO4/c1-3-10(13(16)18-2)8-9-15-11-6-4-5-7-12(11)19-14(15)17/h4-8H,3,9H2,1-2H3. The molecular formula is C14H15NO4. The molecule has 0 N–H and O–H groups in total. The maximum Gasteiger partial charge on any atom is 0.420 e. The SMILES string of the molecule is CCC(=CCn1c(=O)oc2ccccc21)C(=O)OC. The number of carbonyl (C=O) groups is 1. The van der Waals surface area contributed by atoms with Gasteiger partial charge in [0.2, 0.25) is 0 Å². The van der Waals surface area contributed by atoms with E-state index in [9.17, 15) is 9.59 Å². The molecule has 1 heterocycles. The van der Waals surface area contributed by atoms with E-state index in [1.807, 2.05) is 13.0 Å². The van der Waals surface area contributed by atoms with Crippen molar-refractivity contribution in [2.24, 2.45) is 0 Å². The second kappa shape index (κ2) is 5.56. The van der Waals surface area contributed by atoms with E-state index >= 15 is 0 Å². The lowest BCUT2D eigenvalue weighted by atomic mass is 10.2. The van der Waals surface area contributed by atoms with Gasteiger partial charge in [0.1, 0.15) is 0 Å². The molecule has 1 aromatic carbocycles. The number of nitrogens with zero attached hydrogens (tertiary/aromatic N) is 1. The van der Waals surface area contributed by atoms with Crippen LogP contribution in [0.5, 0.6) is 0 Å². The Kier molecular flexibility index (Phi) is 3.85. The third kappa shape index (κ3) is 2.59. The number of benzene rings is 1. The number of hydrogen-bond donors (Lipinski definition) is 0. The second-order valence-electron chi connectivity index (χ2n) is 4.02. The Balaban J connectivity index is 2.36. The fraction of sp³-hybridized carbons (Fsp3) is 0.286. The Labute approximate surface area is 110 Å². The fourth-order valence-corrected chi connectivity index (χ4v) is 1.89. The van der Waals surface area contributed by atoms with Gasteiger partial charge < -0.3 is 9.15 Å². The van der Waals surface area contributed by atoms with Crippen molar-refractivity contribution in [3.05, 3.63) is 46.5 Å². The van der Waals surface area contributed by atoms with Crippen LogP contribution in [-0.4, -0.2) is 17.6 Å². The van der Waals surface area contributed by atoms with Crippen molar-refractivity contribution in [1.29, 1.82) is 0 Å². The molecule has 19 heavy (non-hydrogen) atoms. The summed E-state index contributed by atoms with van der Waals surface area (Å²) in [7, 11) is 1.34. The Hall–Kier alpha value is -2.30. The molecular weight excluding hydrogens is 246 g/mol. The van der Waals surface area contributed by atoms with Gasteiger partial charge in [-0.15, -0.1) is 0 Å². The van der Waals surface area contributed by atoms with Gasteiger partial charge in [0.05, 0.1) is 12.6 Å². The molecule has 2 rings (SSSR count). The van der Waals surface area contributed by atoms with E-state index in [2.05, 4.69) is 4.74 Å². The number of hydrogen-bond acceptors (Lipinski definition) is 4. The molecule has 0 saturated carbocycles. The first kappa shape index (κ1) is 13.1. The summed E-state index contributed by atoms with van der Waals surface area (Å²) in [5.41, 5.74) is 1.79. The monoisotopic (exact) mass is 261 g/mol. The van der Waals surface area contributed by atoms with E-state index in [1.54, 1.807) is 24.3 Å². The molecule has 0 radical (unpaired) electrons. The number of rotatable bonds is 4. The summed E-state index contributed by atoms with van der Waals surface area (Å²) in [6, 6.07) is 7.17. The molecule has 0 saturated heterocycles. The number of allylic oxidation sites excluding steroid dienone is 1. The molecule has 100 valence electrons. The van der Waals surface area contributed by atoms with Crippen molar-refractivity contribution in [1.82, 2.24) is 4.57 Å². The summed E-state index contributed by atoms with van der Waals surface area (Å²) < 4.78 is 11.3. The zero-order chi connectivity index (χ0) is 13.8. The number of para-hydroxylation sites is 2. The van der Waals surface area contributed by atoms with E-state index in [-0.39, 0.29) is 12.5 Å². The van der Waals surface area contributed by atoms with Crippen LogP contribution in [0.3, 0.4) is 0 Å². The molecule has 0 amide bonds. The maximum absolute atomic E-state index is 11.7. The summed E-state index contributed by atoms with van der Waals surface area (Å²) in [5, 5.41) is 0. The van der Waals surface area contributed by atoms with Crippen LogP contribution < -0.4 is 5.76 Å². The minimum absolute atomic E-state index is 0.286. The van der Waals surface area contributed by atoms with Gasteiger partial charge in [0, 0.05) is 12.1 Å². The number of methoxy groups -OCH3 is 1. The van der Waals surface area contributed by atoms with E-state index in [0.717, 1.165) is 0 Å². The van der Waals surface area contributed by atoms with Gasteiger partial charge in [-0.2, -0.15) is 0 Å². The van der Waals surface area contributed by atoms with E-state index in [1.165, 1.54) is 11.7 Å². The normalized spacial score (nSPS) is 11.8. The molecule has 0 fully saturated rings. The molecule has 0 bridgehead atoms. The van der Waals surface area contributed by atoms with E-state index in [4.69, 9.17) is 4.42 Å². The summed E-state index contributed by atoms with van der Waals surface area (Å²) >= 11 is 0. The smallest absolute Gasteiger partial charge is 0.420 e. The highest BCUT2D eigenvalue weighted by Crippen LogP contribution is 2.12. The predicted molar refractivity (Wildman–Crippen MR) is 70.9 cm³/mol. The van der Waals surface area contributed by atoms with E-state index in [0.29, 0.717) is 23.1 Å². The van der Waals surface area contributed by atoms with Crippen LogP contribution in [0.4, 0.5) is 0 Å². The number of esters is 1. The quantitative estimate of drug-likeness (QED) is 0.624. The summed E-state index contributed by atoms with van der Waals surface area (Å²) in [4.78, 5) is 23.2. The number of aromatic nitrogens is 1. The molecule has 0 aliphatic carbocycles. The summed E-state index contributed by atoms with van der Waals surface area (Å²) in [6.07, 6.45) is 2.24. The van der Waals surface area contributed by atoms with E-state index < -0.39 is 5.76 Å². The minimum atomic E-state index is -0.433. The van der Waals surface area contributed by atoms with Gasteiger partial charge in [-0.25, -0.2) is 9.59 Å². The Morgan fingerprint density at radius 3 is 2.84 bits per heavy atom. The molecule has 5 nitrogen and oxygen atoms in total. The number of oxazole rings is 1. The van der Waals surface area contributed by atoms with Gasteiger partial charge in [0.15, 0.2) is 5.58 Å². The average molecular weight is 261 g/mol. The summed E-state index contributed by atoms with van der Waals surface area (Å²) in [5.74, 6) is -0.805. The molecule has 5 heteroatoms. The number of ether oxygens (including phenoxy) is 1. The molecule has 0 unspecified atom stereocenters. The first-order valence-corrected chi connectivity index (χ1v) is 6.03. The van der Waals surface area contributed by atoms with Crippen molar-refractivity contribution in [3.63, 3.8) is 0 Å². The van der Waals surface area contributed by atoms with Crippen LogP contribution in [0.25, 0.3) is 11.1 Å². The first-order chi connectivity index (χ1) is 9.17. The van der Waals surface area contributed by atoms with Crippen molar-refractivity contribution >= 4 is 17.1 Å². The molecule has 0 spiro atoms.